The van der Waals surface area contributed by atoms with Gasteiger partial charge in [0.05, 0.1) is 11.4 Å². The predicted octanol–water partition coefficient (Wildman–Crippen LogP) is 1.56. The lowest BCUT2D eigenvalue weighted by Crippen LogP contribution is -2.23. The summed E-state index contributed by atoms with van der Waals surface area (Å²) in [6, 6.07) is 0.591. The lowest BCUT2D eigenvalue weighted by Gasteiger charge is -2.10. The average Bonchev–Trinajstić information content (AvgIpc) is 2.19. The van der Waals surface area contributed by atoms with Gasteiger partial charge in [-0.05, 0) is 0 Å². The largest absolute Gasteiger partial charge is 0.573 e. The molecule has 0 atom stereocenters. The van der Waals surface area contributed by atoms with Crippen LogP contribution in [0, 0.1) is 0 Å². The van der Waals surface area contributed by atoms with Crippen molar-refractivity contribution in [2.75, 3.05) is 0 Å². The van der Waals surface area contributed by atoms with Crippen molar-refractivity contribution in [3.8, 4) is 5.75 Å². The van der Waals surface area contributed by atoms with Crippen LogP contribution in [0.15, 0.2) is 10.9 Å². The molecule has 0 aromatic carbocycles. The smallest absolute Gasteiger partial charge is 0.400 e. The highest BCUT2D eigenvalue weighted by Crippen LogP contribution is 2.22. The Bertz CT molecular complexity index is 452. The van der Waals surface area contributed by atoms with Gasteiger partial charge in [0.2, 0.25) is 5.43 Å². The third-order valence-corrected chi connectivity index (χ3v) is 1.56. The first-order valence-electron chi connectivity index (χ1n) is 3.90. The number of halogens is 4. The van der Waals surface area contributed by atoms with Crippen LogP contribution in [0.25, 0.3) is 0 Å². The number of pyridine rings is 1. The number of aromatic nitrogens is 1. The lowest BCUT2D eigenvalue weighted by molar-refractivity contribution is -0.275. The highest BCUT2D eigenvalue weighted by molar-refractivity contribution is 5.72. The maximum atomic E-state index is 12.3. The van der Waals surface area contributed by atoms with Gasteiger partial charge in [-0.25, -0.2) is 4.39 Å². The van der Waals surface area contributed by atoms with E-state index in [1.807, 2.05) is 4.98 Å². The van der Waals surface area contributed by atoms with Gasteiger partial charge in [0.1, 0.15) is 6.67 Å². The number of hydrogen-bond donors (Lipinski definition) is 1. The van der Waals surface area contributed by atoms with Gasteiger partial charge >= 0.3 is 6.36 Å². The van der Waals surface area contributed by atoms with Crippen LogP contribution in [0.3, 0.4) is 0 Å². The van der Waals surface area contributed by atoms with E-state index in [1.165, 1.54) is 0 Å². The lowest BCUT2D eigenvalue weighted by atomic mass is 10.3. The summed E-state index contributed by atoms with van der Waals surface area (Å²) in [5, 5.41) is 0. The predicted molar refractivity (Wildman–Crippen MR) is 43.9 cm³/mol. The number of alkyl halides is 4. The van der Waals surface area contributed by atoms with Gasteiger partial charge in [-0.1, -0.05) is 0 Å². The zero-order chi connectivity index (χ0) is 12.3. The maximum absolute atomic E-state index is 12.3. The molecule has 1 N–H and O–H groups in total. The van der Waals surface area contributed by atoms with Crippen LogP contribution in [-0.4, -0.2) is 17.6 Å². The van der Waals surface area contributed by atoms with Crippen molar-refractivity contribution in [1.29, 1.82) is 0 Å². The second-order valence-electron chi connectivity index (χ2n) is 2.70. The molecule has 0 radical (unpaired) electrons. The van der Waals surface area contributed by atoms with E-state index in [2.05, 4.69) is 4.74 Å². The van der Waals surface area contributed by atoms with Gasteiger partial charge in [0.25, 0.3) is 0 Å². The Morgan fingerprint density at radius 3 is 2.50 bits per heavy atom. The van der Waals surface area contributed by atoms with E-state index in [9.17, 15) is 27.2 Å². The molecule has 1 heterocycles. The second kappa shape index (κ2) is 4.33. The summed E-state index contributed by atoms with van der Waals surface area (Å²) >= 11 is 0. The van der Waals surface area contributed by atoms with E-state index < -0.39 is 29.9 Å². The van der Waals surface area contributed by atoms with Gasteiger partial charge in [0, 0.05) is 6.07 Å². The number of nitrogens with one attached hydrogen (secondary N) is 1. The SMILES string of the molecule is O=Cc1cc(=O)c(OC(F)(F)F)c(CF)[nH]1. The standard InChI is InChI=1S/C8H5F4NO3/c9-2-5-7(16-8(10,11)12)6(15)1-4(3-14)13-5/h1,3H,2H2,(H,13,15). The van der Waals surface area contributed by atoms with Crippen LogP contribution >= 0.6 is 0 Å². The fourth-order valence-electron chi connectivity index (χ4n) is 1.01. The first-order chi connectivity index (χ1) is 7.37. The summed E-state index contributed by atoms with van der Waals surface area (Å²) in [5.74, 6) is -1.19. The number of carbonyl (C=O) groups is 1. The zero-order valence-corrected chi connectivity index (χ0v) is 7.60. The van der Waals surface area contributed by atoms with Crippen molar-refractivity contribution in [1.82, 2.24) is 4.98 Å². The minimum absolute atomic E-state index is 0.179. The minimum Gasteiger partial charge on any atom is -0.400 e. The number of carbonyl (C=O) groups excluding carboxylic acids is 1. The van der Waals surface area contributed by atoms with Crippen LogP contribution < -0.4 is 10.2 Å². The highest BCUT2D eigenvalue weighted by atomic mass is 19.4. The Labute approximate surface area is 85.8 Å². The summed E-state index contributed by atoms with van der Waals surface area (Å²) in [6.07, 6.45) is -4.92. The molecule has 0 spiro atoms. The Morgan fingerprint density at radius 1 is 1.44 bits per heavy atom. The molecule has 1 rings (SSSR count). The highest BCUT2D eigenvalue weighted by Gasteiger charge is 2.33. The minimum atomic E-state index is -5.10. The average molecular weight is 239 g/mol. The van der Waals surface area contributed by atoms with Crippen molar-refractivity contribution >= 4 is 6.29 Å². The first kappa shape index (κ1) is 12.2. The number of aldehydes is 1. The summed E-state index contributed by atoms with van der Waals surface area (Å²) in [5.41, 5.74) is -2.27. The topological polar surface area (TPSA) is 59.2 Å². The molecule has 0 aliphatic rings. The number of H-pyrrole nitrogens is 1. The molecule has 0 fully saturated rings. The van der Waals surface area contributed by atoms with Gasteiger partial charge in [-0.3, -0.25) is 9.59 Å². The molecule has 16 heavy (non-hydrogen) atoms. The van der Waals surface area contributed by atoms with Crippen LogP contribution in [0.4, 0.5) is 17.6 Å². The molecule has 4 nitrogen and oxygen atoms in total. The summed E-state index contributed by atoms with van der Waals surface area (Å²) in [6.45, 7) is -1.39. The quantitative estimate of drug-likeness (QED) is 0.643. The molecular weight excluding hydrogens is 234 g/mol. The Hall–Kier alpha value is -1.86. The van der Waals surface area contributed by atoms with Crippen molar-refractivity contribution in [3.05, 3.63) is 27.7 Å². The van der Waals surface area contributed by atoms with Crippen LogP contribution in [0.1, 0.15) is 16.2 Å². The number of aromatic amines is 1. The fourth-order valence-corrected chi connectivity index (χ4v) is 1.01. The Balaban J connectivity index is 3.27. The normalized spacial score (nSPS) is 11.2. The molecule has 8 heteroatoms. The van der Waals surface area contributed by atoms with E-state index in [0.29, 0.717) is 6.07 Å². The number of hydrogen-bond acceptors (Lipinski definition) is 3. The fraction of sp³-hybridized carbons (Fsp3) is 0.250. The van der Waals surface area contributed by atoms with E-state index in [4.69, 9.17) is 0 Å². The summed E-state index contributed by atoms with van der Waals surface area (Å²) < 4.78 is 51.2. The molecular formula is C8H5F4NO3. The molecule has 0 unspecified atom stereocenters. The van der Waals surface area contributed by atoms with Crippen molar-refractivity contribution in [2.24, 2.45) is 0 Å². The summed E-state index contributed by atoms with van der Waals surface area (Å²) in [4.78, 5) is 23.4. The molecule has 88 valence electrons. The second-order valence-corrected chi connectivity index (χ2v) is 2.70. The Kier molecular flexibility index (Phi) is 3.31. The molecule has 0 saturated carbocycles. The van der Waals surface area contributed by atoms with Gasteiger partial charge in [0.15, 0.2) is 12.0 Å². The van der Waals surface area contributed by atoms with Crippen LogP contribution in [0.5, 0.6) is 5.75 Å². The molecule has 1 aromatic rings. The van der Waals surface area contributed by atoms with E-state index in [0.717, 1.165) is 0 Å². The number of ether oxygens (including phenoxy) is 1. The van der Waals surface area contributed by atoms with Gasteiger partial charge in [-0.15, -0.1) is 13.2 Å². The van der Waals surface area contributed by atoms with E-state index in [1.54, 1.807) is 0 Å². The zero-order valence-electron chi connectivity index (χ0n) is 7.60. The molecule has 0 aliphatic heterocycles. The molecule has 0 amide bonds. The molecule has 0 bridgehead atoms. The molecule has 1 aromatic heterocycles. The van der Waals surface area contributed by atoms with Crippen molar-refractivity contribution in [3.63, 3.8) is 0 Å². The molecule has 0 aliphatic carbocycles. The molecule has 0 saturated heterocycles. The van der Waals surface area contributed by atoms with E-state index >= 15 is 0 Å². The van der Waals surface area contributed by atoms with Crippen LogP contribution in [0.2, 0.25) is 0 Å². The third kappa shape index (κ3) is 2.81. The van der Waals surface area contributed by atoms with Gasteiger partial charge < -0.3 is 9.72 Å². The van der Waals surface area contributed by atoms with E-state index in [-0.39, 0.29) is 12.0 Å². The third-order valence-electron chi connectivity index (χ3n) is 1.56. The number of rotatable bonds is 3. The van der Waals surface area contributed by atoms with Gasteiger partial charge in [-0.2, -0.15) is 0 Å². The van der Waals surface area contributed by atoms with Crippen LogP contribution in [-0.2, 0) is 6.67 Å². The first-order valence-corrected chi connectivity index (χ1v) is 3.90. The maximum Gasteiger partial charge on any atom is 0.573 e. The summed E-state index contributed by atoms with van der Waals surface area (Å²) in [7, 11) is 0. The monoisotopic (exact) mass is 239 g/mol. The van der Waals surface area contributed by atoms with Crippen molar-refractivity contribution < 1.29 is 27.1 Å². The van der Waals surface area contributed by atoms with Crippen molar-refractivity contribution in [2.45, 2.75) is 13.0 Å². The Morgan fingerprint density at radius 2 is 2.06 bits per heavy atom.